The molecule has 5 heteroatoms. The number of aliphatic hydroxyl groups excluding tert-OH is 1. The first-order valence-corrected chi connectivity index (χ1v) is 7.12. The summed E-state index contributed by atoms with van der Waals surface area (Å²) in [6.07, 6.45) is 1.99. The van der Waals surface area contributed by atoms with Crippen molar-refractivity contribution in [2.24, 2.45) is 5.92 Å². The molecule has 1 aliphatic heterocycles. The zero-order chi connectivity index (χ0) is 13.9. The highest BCUT2D eigenvalue weighted by atomic mass is 16.3. The Balaban J connectivity index is 1.98. The maximum atomic E-state index is 9.08. The largest absolute Gasteiger partial charge is 0.396 e. The second kappa shape index (κ2) is 5.63. The molecule has 106 valence electrons. The molecule has 1 saturated heterocycles. The number of fused-ring (bicyclic) bond motifs is 1. The summed E-state index contributed by atoms with van der Waals surface area (Å²) >= 11 is 0. The van der Waals surface area contributed by atoms with Gasteiger partial charge in [-0.3, -0.25) is 0 Å². The number of para-hydroxylation sites is 1. The maximum Gasteiger partial charge on any atom is 0.224 e. The van der Waals surface area contributed by atoms with Crippen LogP contribution in [0.2, 0.25) is 0 Å². The Hall–Kier alpha value is -1.88. The monoisotopic (exact) mass is 272 g/mol. The first-order valence-electron chi connectivity index (χ1n) is 7.12. The standard InChI is InChI=1S/C15H20N4O/c1-16-15-17-13-5-3-2-4-12(13)14(18-15)19-8-6-11(10-19)7-9-20/h2-5,11,20H,6-10H2,1H3,(H,16,17,18). The lowest BCUT2D eigenvalue weighted by atomic mass is 10.1. The van der Waals surface area contributed by atoms with E-state index in [2.05, 4.69) is 26.3 Å². The molecule has 2 heterocycles. The molecule has 5 nitrogen and oxygen atoms in total. The van der Waals surface area contributed by atoms with E-state index < -0.39 is 0 Å². The third kappa shape index (κ3) is 2.41. The lowest BCUT2D eigenvalue weighted by molar-refractivity contribution is 0.263. The van der Waals surface area contributed by atoms with Crippen LogP contribution in [0.25, 0.3) is 10.9 Å². The van der Waals surface area contributed by atoms with Crippen LogP contribution in [0.3, 0.4) is 0 Å². The number of rotatable bonds is 4. The zero-order valence-corrected chi connectivity index (χ0v) is 11.7. The summed E-state index contributed by atoms with van der Waals surface area (Å²) in [5.74, 6) is 2.22. The molecule has 0 bridgehead atoms. The molecule has 0 saturated carbocycles. The highest BCUT2D eigenvalue weighted by molar-refractivity contribution is 5.90. The summed E-state index contributed by atoms with van der Waals surface area (Å²) in [5.41, 5.74) is 0.965. The normalized spacial score (nSPS) is 18.7. The molecule has 0 amide bonds. The first-order chi connectivity index (χ1) is 9.81. The first kappa shape index (κ1) is 13.1. The van der Waals surface area contributed by atoms with E-state index in [4.69, 9.17) is 5.11 Å². The Kier molecular flexibility index (Phi) is 3.69. The number of nitrogens with one attached hydrogen (secondary N) is 1. The number of hydrogen-bond donors (Lipinski definition) is 2. The fraction of sp³-hybridized carbons (Fsp3) is 0.467. The van der Waals surface area contributed by atoms with Gasteiger partial charge in [0.2, 0.25) is 5.95 Å². The molecule has 0 aliphatic carbocycles. The molecule has 3 rings (SSSR count). The fourth-order valence-electron chi connectivity index (χ4n) is 2.86. The van der Waals surface area contributed by atoms with Gasteiger partial charge in [0.05, 0.1) is 5.52 Å². The molecule has 1 unspecified atom stereocenters. The molecule has 1 aliphatic rings. The van der Waals surface area contributed by atoms with E-state index in [0.29, 0.717) is 11.9 Å². The molecule has 0 spiro atoms. The van der Waals surface area contributed by atoms with Gasteiger partial charge in [-0.05, 0) is 30.9 Å². The van der Waals surface area contributed by atoms with E-state index in [1.807, 2.05) is 25.2 Å². The third-order valence-electron chi connectivity index (χ3n) is 3.93. The van der Waals surface area contributed by atoms with Crippen molar-refractivity contribution in [3.8, 4) is 0 Å². The van der Waals surface area contributed by atoms with Crippen LogP contribution >= 0.6 is 0 Å². The highest BCUT2D eigenvalue weighted by Gasteiger charge is 2.24. The number of aromatic nitrogens is 2. The van der Waals surface area contributed by atoms with Crippen molar-refractivity contribution in [2.45, 2.75) is 12.8 Å². The predicted octanol–water partition coefficient (Wildman–Crippen LogP) is 1.88. The Morgan fingerprint density at radius 2 is 2.20 bits per heavy atom. The smallest absolute Gasteiger partial charge is 0.224 e. The van der Waals surface area contributed by atoms with Gasteiger partial charge in [-0.15, -0.1) is 0 Å². The second-order valence-electron chi connectivity index (χ2n) is 5.25. The molecule has 1 fully saturated rings. The lowest BCUT2D eigenvalue weighted by Crippen LogP contribution is -2.22. The summed E-state index contributed by atoms with van der Waals surface area (Å²) in [4.78, 5) is 11.4. The van der Waals surface area contributed by atoms with Crippen LogP contribution in [0.1, 0.15) is 12.8 Å². The number of nitrogens with zero attached hydrogens (tertiary/aromatic N) is 3. The van der Waals surface area contributed by atoms with Crippen LogP contribution in [0, 0.1) is 5.92 Å². The molecule has 1 aromatic carbocycles. The molecule has 2 aromatic rings. The topological polar surface area (TPSA) is 61.3 Å². The van der Waals surface area contributed by atoms with Gasteiger partial charge in [0, 0.05) is 32.1 Å². The van der Waals surface area contributed by atoms with Crippen molar-refractivity contribution in [3.63, 3.8) is 0 Å². The van der Waals surface area contributed by atoms with Crippen LogP contribution in [0.5, 0.6) is 0 Å². The number of anilines is 2. The molecule has 0 radical (unpaired) electrons. The molecule has 1 atom stereocenters. The molecule has 2 N–H and O–H groups in total. The van der Waals surface area contributed by atoms with Crippen molar-refractivity contribution in [2.75, 3.05) is 37.0 Å². The minimum absolute atomic E-state index is 0.269. The Labute approximate surface area is 118 Å². The van der Waals surface area contributed by atoms with Gasteiger partial charge >= 0.3 is 0 Å². The van der Waals surface area contributed by atoms with Crippen LogP contribution in [0.4, 0.5) is 11.8 Å². The van der Waals surface area contributed by atoms with Gasteiger partial charge in [0.1, 0.15) is 5.82 Å². The fourth-order valence-corrected chi connectivity index (χ4v) is 2.86. The van der Waals surface area contributed by atoms with Crippen LogP contribution in [-0.4, -0.2) is 41.8 Å². The Morgan fingerprint density at radius 1 is 1.35 bits per heavy atom. The predicted molar refractivity (Wildman–Crippen MR) is 81.1 cm³/mol. The minimum atomic E-state index is 0.269. The van der Waals surface area contributed by atoms with Gasteiger partial charge < -0.3 is 15.3 Å². The van der Waals surface area contributed by atoms with E-state index in [-0.39, 0.29) is 6.61 Å². The number of benzene rings is 1. The van der Waals surface area contributed by atoms with Crippen molar-refractivity contribution < 1.29 is 5.11 Å². The van der Waals surface area contributed by atoms with E-state index >= 15 is 0 Å². The van der Waals surface area contributed by atoms with Crippen LogP contribution < -0.4 is 10.2 Å². The van der Waals surface area contributed by atoms with Gasteiger partial charge in [0.15, 0.2) is 0 Å². The average molecular weight is 272 g/mol. The molecular weight excluding hydrogens is 252 g/mol. The summed E-state index contributed by atoms with van der Waals surface area (Å²) in [6.45, 7) is 2.23. The maximum absolute atomic E-state index is 9.08. The van der Waals surface area contributed by atoms with Gasteiger partial charge in [-0.1, -0.05) is 12.1 Å². The summed E-state index contributed by atoms with van der Waals surface area (Å²) in [7, 11) is 1.84. The minimum Gasteiger partial charge on any atom is -0.396 e. The van der Waals surface area contributed by atoms with Crippen molar-refractivity contribution in [1.29, 1.82) is 0 Å². The Morgan fingerprint density at radius 3 is 3.00 bits per heavy atom. The summed E-state index contributed by atoms with van der Waals surface area (Å²) in [5, 5.41) is 13.2. The molecular formula is C15H20N4O. The quantitative estimate of drug-likeness (QED) is 0.890. The van der Waals surface area contributed by atoms with Crippen LogP contribution in [-0.2, 0) is 0 Å². The van der Waals surface area contributed by atoms with E-state index in [9.17, 15) is 0 Å². The van der Waals surface area contributed by atoms with Crippen LogP contribution in [0.15, 0.2) is 24.3 Å². The summed E-state index contributed by atoms with van der Waals surface area (Å²) < 4.78 is 0. The summed E-state index contributed by atoms with van der Waals surface area (Å²) in [6, 6.07) is 8.11. The van der Waals surface area contributed by atoms with E-state index in [1.165, 1.54) is 0 Å². The SMILES string of the molecule is CNc1nc(N2CCC(CCO)C2)c2ccccc2n1. The van der Waals surface area contributed by atoms with Crippen molar-refractivity contribution in [1.82, 2.24) is 9.97 Å². The van der Waals surface area contributed by atoms with E-state index in [0.717, 1.165) is 42.7 Å². The third-order valence-corrected chi connectivity index (χ3v) is 3.93. The molecule has 20 heavy (non-hydrogen) atoms. The highest BCUT2D eigenvalue weighted by Crippen LogP contribution is 2.30. The van der Waals surface area contributed by atoms with Gasteiger partial charge in [-0.2, -0.15) is 4.98 Å². The molecule has 1 aromatic heterocycles. The number of aliphatic hydroxyl groups is 1. The lowest BCUT2D eigenvalue weighted by Gasteiger charge is -2.20. The Bertz CT molecular complexity index is 601. The van der Waals surface area contributed by atoms with E-state index in [1.54, 1.807) is 0 Å². The van der Waals surface area contributed by atoms with Gasteiger partial charge in [0.25, 0.3) is 0 Å². The van der Waals surface area contributed by atoms with Gasteiger partial charge in [-0.25, -0.2) is 4.98 Å². The van der Waals surface area contributed by atoms with Crippen molar-refractivity contribution in [3.05, 3.63) is 24.3 Å². The second-order valence-corrected chi connectivity index (χ2v) is 5.25. The zero-order valence-electron chi connectivity index (χ0n) is 11.7. The average Bonchev–Trinajstić information content (AvgIpc) is 2.95. The number of hydrogen-bond acceptors (Lipinski definition) is 5. The van der Waals surface area contributed by atoms with Crippen molar-refractivity contribution >= 4 is 22.7 Å².